The lowest BCUT2D eigenvalue weighted by Gasteiger charge is -2.08. The van der Waals surface area contributed by atoms with Crippen molar-refractivity contribution in [2.24, 2.45) is 0 Å². The first-order chi connectivity index (χ1) is 9.70. The third-order valence-corrected chi connectivity index (χ3v) is 3.16. The number of nitrogens with one attached hydrogen (secondary N) is 1. The Hall–Kier alpha value is -2.36. The van der Waals surface area contributed by atoms with E-state index in [2.05, 4.69) is 24.4 Å². The lowest BCUT2D eigenvalue weighted by molar-refractivity contribution is -0.385. The molecule has 0 saturated carbocycles. The molecule has 0 aliphatic rings. The molecule has 2 aromatic rings. The van der Waals surface area contributed by atoms with Crippen molar-refractivity contribution in [1.29, 1.82) is 0 Å². The van der Waals surface area contributed by atoms with E-state index < -0.39 is 0 Å². The largest absolute Gasteiger partial charge is 0.381 e. The quantitative estimate of drug-likeness (QED) is 0.633. The highest BCUT2D eigenvalue weighted by atomic mass is 16.6. The Kier molecular flexibility index (Phi) is 4.71. The van der Waals surface area contributed by atoms with Crippen LogP contribution in [0.2, 0.25) is 0 Å². The molecule has 0 amide bonds. The van der Waals surface area contributed by atoms with Crippen LogP contribution in [0.15, 0.2) is 48.5 Å². The van der Waals surface area contributed by atoms with Crippen molar-refractivity contribution in [1.82, 2.24) is 0 Å². The number of anilines is 1. The average molecular weight is 270 g/mol. The SMILES string of the molecule is CCCc1ccc(NCc2ccccc2[N+](=O)[O-])cc1. The Morgan fingerprint density at radius 1 is 1.10 bits per heavy atom. The summed E-state index contributed by atoms with van der Waals surface area (Å²) in [7, 11) is 0. The third kappa shape index (κ3) is 3.57. The molecule has 4 heteroatoms. The maximum Gasteiger partial charge on any atom is 0.274 e. The molecular weight excluding hydrogens is 252 g/mol. The predicted octanol–water partition coefficient (Wildman–Crippen LogP) is 4.16. The van der Waals surface area contributed by atoms with Gasteiger partial charge in [-0.15, -0.1) is 0 Å². The second kappa shape index (κ2) is 6.70. The fraction of sp³-hybridized carbons (Fsp3) is 0.250. The van der Waals surface area contributed by atoms with E-state index >= 15 is 0 Å². The van der Waals surface area contributed by atoms with Crippen LogP contribution in [0.1, 0.15) is 24.5 Å². The zero-order chi connectivity index (χ0) is 14.4. The number of para-hydroxylation sites is 1. The van der Waals surface area contributed by atoms with E-state index in [1.165, 1.54) is 11.6 Å². The summed E-state index contributed by atoms with van der Waals surface area (Å²) in [5.74, 6) is 0. The molecule has 0 heterocycles. The van der Waals surface area contributed by atoms with Gasteiger partial charge in [0.05, 0.1) is 4.92 Å². The predicted molar refractivity (Wildman–Crippen MR) is 80.9 cm³/mol. The molecule has 0 unspecified atom stereocenters. The van der Waals surface area contributed by atoms with Gasteiger partial charge in [-0.2, -0.15) is 0 Å². The average Bonchev–Trinajstić information content (AvgIpc) is 2.47. The topological polar surface area (TPSA) is 55.2 Å². The normalized spacial score (nSPS) is 10.2. The molecule has 0 fully saturated rings. The molecule has 0 atom stereocenters. The van der Waals surface area contributed by atoms with Crippen LogP contribution in [0.4, 0.5) is 11.4 Å². The van der Waals surface area contributed by atoms with E-state index in [-0.39, 0.29) is 10.6 Å². The molecule has 4 nitrogen and oxygen atoms in total. The van der Waals surface area contributed by atoms with Crippen LogP contribution in [0, 0.1) is 10.1 Å². The summed E-state index contributed by atoms with van der Waals surface area (Å²) in [5.41, 5.74) is 3.13. The van der Waals surface area contributed by atoms with Gasteiger partial charge >= 0.3 is 0 Å². The highest BCUT2D eigenvalue weighted by Crippen LogP contribution is 2.19. The molecule has 0 bridgehead atoms. The van der Waals surface area contributed by atoms with Crippen molar-refractivity contribution in [3.8, 4) is 0 Å². The number of rotatable bonds is 6. The molecule has 0 aliphatic carbocycles. The van der Waals surface area contributed by atoms with Gasteiger partial charge in [-0.3, -0.25) is 10.1 Å². The van der Waals surface area contributed by atoms with Gasteiger partial charge in [0.1, 0.15) is 0 Å². The summed E-state index contributed by atoms with van der Waals surface area (Å²) in [6, 6.07) is 15.0. The molecule has 2 rings (SSSR count). The molecule has 0 spiro atoms. The van der Waals surface area contributed by atoms with E-state index in [4.69, 9.17) is 0 Å². The smallest absolute Gasteiger partial charge is 0.274 e. The number of benzene rings is 2. The summed E-state index contributed by atoms with van der Waals surface area (Å²) in [5, 5.41) is 14.1. The summed E-state index contributed by atoms with van der Waals surface area (Å²) in [6.45, 7) is 2.60. The van der Waals surface area contributed by atoms with Crippen molar-refractivity contribution >= 4 is 11.4 Å². The van der Waals surface area contributed by atoms with Crippen molar-refractivity contribution in [3.05, 3.63) is 69.8 Å². The molecule has 0 radical (unpaired) electrons. The highest BCUT2D eigenvalue weighted by molar-refractivity contribution is 5.48. The Balaban J connectivity index is 2.03. The molecular formula is C16H18N2O2. The third-order valence-electron chi connectivity index (χ3n) is 3.16. The lowest BCUT2D eigenvalue weighted by atomic mass is 10.1. The van der Waals surface area contributed by atoms with Crippen LogP contribution in [-0.2, 0) is 13.0 Å². The van der Waals surface area contributed by atoms with E-state index in [0.29, 0.717) is 12.1 Å². The van der Waals surface area contributed by atoms with Crippen LogP contribution in [0.25, 0.3) is 0 Å². The Labute approximate surface area is 118 Å². The van der Waals surface area contributed by atoms with E-state index in [0.717, 1.165) is 18.5 Å². The van der Waals surface area contributed by atoms with Crippen LogP contribution >= 0.6 is 0 Å². The molecule has 0 aromatic heterocycles. The highest BCUT2D eigenvalue weighted by Gasteiger charge is 2.11. The van der Waals surface area contributed by atoms with Crippen molar-refractivity contribution in [2.45, 2.75) is 26.3 Å². The van der Waals surface area contributed by atoms with Crippen LogP contribution in [0.3, 0.4) is 0 Å². The Morgan fingerprint density at radius 2 is 1.80 bits per heavy atom. The minimum absolute atomic E-state index is 0.155. The number of aryl methyl sites for hydroxylation is 1. The minimum atomic E-state index is -0.346. The maximum atomic E-state index is 10.9. The van der Waals surface area contributed by atoms with Gasteiger partial charge < -0.3 is 5.32 Å². The maximum absolute atomic E-state index is 10.9. The number of hydrogen-bond acceptors (Lipinski definition) is 3. The van der Waals surface area contributed by atoms with Gasteiger partial charge in [0, 0.05) is 23.9 Å². The summed E-state index contributed by atoms with van der Waals surface area (Å²) in [4.78, 5) is 10.6. The second-order valence-electron chi connectivity index (χ2n) is 4.69. The minimum Gasteiger partial charge on any atom is -0.381 e. The van der Waals surface area contributed by atoms with Gasteiger partial charge in [0.2, 0.25) is 0 Å². The van der Waals surface area contributed by atoms with Crippen molar-refractivity contribution < 1.29 is 4.92 Å². The van der Waals surface area contributed by atoms with E-state index in [1.54, 1.807) is 12.1 Å². The molecule has 20 heavy (non-hydrogen) atoms. The summed E-state index contributed by atoms with van der Waals surface area (Å²) < 4.78 is 0. The zero-order valence-corrected chi connectivity index (χ0v) is 11.5. The van der Waals surface area contributed by atoms with Gasteiger partial charge in [0.15, 0.2) is 0 Å². The van der Waals surface area contributed by atoms with Gasteiger partial charge in [-0.25, -0.2) is 0 Å². The number of nitro benzene ring substituents is 1. The summed E-state index contributed by atoms with van der Waals surface area (Å²) >= 11 is 0. The van der Waals surface area contributed by atoms with Gasteiger partial charge in [0.25, 0.3) is 5.69 Å². The monoisotopic (exact) mass is 270 g/mol. The van der Waals surface area contributed by atoms with Gasteiger partial charge in [-0.1, -0.05) is 43.7 Å². The number of nitrogens with zero attached hydrogens (tertiary/aromatic N) is 1. The number of nitro groups is 1. The molecule has 1 N–H and O–H groups in total. The van der Waals surface area contributed by atoms with Crippen molar-refractivity contribution in [2.75, 3.05) is 5.32 Å². The molecule has 2 aromatic carbocycles. The first-order valence-corrected chi connectivity index (χ1v) is 6.76. The standard InChI is InChI=1S/C16H18N2O2/c1-2-5-13-8-10-15(11-9-13)17-12-14-6-3-4-7-16(14)18(19)20/h3-4,6-11,17H,2,5,12H2,1H3. The fourth-order valence-electron chi connectivity index (χ4n) is 2.11. The van der Waals surface area contributed by atoms with Crippen molar-refractivity contribution in [3.63, 3.8) is 0 Å². The first-order valence-electron chi connectivity index (χ1n) is 6.76. The molecule has 0 saturated heterocycles. The van der Waals surface area contributed by atoms with Crippen LogP contribution < -0.4 is 5.32 Å². The van der Waals surface area contributed by atoms with Crippen LogP contribution in [-0.4, -0.2) is 4.92 Å². The lowest BCUT2D eigenvalue weighted by Crippen LogP contribution is -2.03. The van der Waals surface area contributed by atoms with Gasteiger partial charge in [-0.05, 0) is 24.1 Å². The van der Waals surface area contributed by atoms with Crippen LogP contribution in [0.5, 0.6) is 0 Å². The molecule has 104 valence electrons. The van der Waals surface area contributed by atoms with E-state index in [1.807, 2.05) is 18.2 Å². The first kappa shape index (κ1) is 14.1. The number of hydrogen-bond donors (Lipinski definition) is 1. The van der Waals surface area contributed by atoms with E-state index in [9.17, 15) is 10.1 Å². The Morgan fingerprint density at radius 3 is 2.45 bits per heavy atom. The second-order valence-corrected chi connectivity index (χ2v) is 4.69. The Bertz CT molecular complexity index is 579. The fourth-order valence-corrected chi connectivity index (χ4v) is 2.11. The zero-order valence-electron chi connectivity index (χ0n) is 11.5. The summed E-state index contributed by atoms with van der Waals surface area (Å²) in [6.07, 6.45) is 2.20. The molecule has 0 aliphatic heterocycles.